The first-order valence-corrected chi connectivity index (χ1v) is 6.99. The molecule has 1 unspecified atom stereocenters. The van der Waals surface area contributed by atoms with Gasteiger partial charge in [-0.25, -0.2) is 4.79 Å². The second-order valence-electron chi connectivity index (χ2n) is 4.77. The lowest BCUT2D eigenvalue weighted by atomic mass is 10.1. The van der Waals surface area contributed by atoms with Crippen LogP contribution in [0.5, 0.6) is 0 Å². The van der Waals surface area contributed by atoms with Crippen LogP contribution in [0.25, 0.3) is 0 Å². The molecule has 1 atom stereocenters. The number of esters is 1. The molecule has 20 heavy (non-hydrogen) atoms. The summed E-state index contributed by atoms with van der Waals surface area (Å²) in [5, 5.41) is 3.12. The normalized spacial score (nSPS) is 12.1. The zero-order valence-corrected chi connectivity index (χ0v) is 13.1. The van der Waals surface area contributed by atoms with Crippen molar-refractivity contribution in [2.45, 2.75) is 26.8 Å². The van der Waals surface area contributed by atoms with Gasteiger partial charge in [0, 0.05) is 6.04 Å². The number of halogens is 2. The number of ether oxygens (including phenoxy) is 1. The fraction of sp³-hybridized carbons (Fsp3) is 0.429. The van der Waals surface area contributed by atoms with Crippen LogP contribution in [-0.4, -0.2) is 24.5 Å². The molecule has 0 bridgehead atoms. The second-order valence-corrected chi connectivity index (χ2v) is 5.59. The molecule has 0 fully saturated rings. The summed E-state index contributed by atoms with van der Waals surface area (Å²) in [5.41, 5.74) is 0.0699. The number of amides is 1. The van der Waals surface area contributed by atoms with Crippen molar-refractivity contribution in [2.24, 2.45) is 5.92 Å². The quantitative estimate of drug-likeness (QED) is 0.848. The van der Waals surface area contributed by atoms with Gasteiger partial charge >= 0.3 is 5.97 Å². The van der Waals surface area contributed by atoms with Gasteiger partial charge in [0.05, 0.1) is 15.6 Å². The minimum atomic E-state index is -0.715. The third-order valence-corrected chi connectivity index (χ3v) is 3.52. The number of rotatable bonds is 5. The smallest absolute Gasteiger partial charge is 0.341 e. The maximum absolute atomic E-state index is 11.8. The highest BCUT2D eigenvalue weighted by molar-refractivity contribution is 6.39. The lowest BCUT2D eigenvalue weighted by Gasteiger charge is -2.17. The van der Waals surface area contributed by atoms with E-state index in [2.05, 4.69) is 5.32 Å². The molecule has 0 spiro atoms. The first kappa shape index (κ1) is 16.8. The maximum Gasteiger partial charge on any atom is 0.341 e. The molecular weight excluding hydrogens is 301 g/mol. The largest absolute Gasteiger partial charge is 0.452 e. The van der Waals surface area contributed by atoms with Crippen LogP contribution in [0.3, 0.4) is 0 Å². The van der Waals surface area contributed by atoms with E-state index in [9.17, 15) is 9.59 Å². The fourth-order valence-electron chi connectivity index (χ4n) is 1.36. The highest BCUT2D eigenvalue weighted by Crippen LogP contribution is 2.24. The summed E-state index contributed by atoms with van der Waals surface area (Å²) in [4.78, 5) is 23.4. The number of carbonyl (C=O) groups is 2. The summed E-state index contributed by atoms with van der Waals surface area (Å²) in [5.74, 6) is -0.775. The SMILES string of the molecule is CC(C)C(C)NC(=O)COC(=O)c1c(Cl)cccc1Cl. The van der Waals surface area contributed by atoms with E-state index in [4.69, 9.17) is 27.9 Å². The Morgan fingerprint density at radius 2 is 1.75 bits per heavy atom. The Hall–Kier alpha value is -1.26. The van der Waals surface area contributed by atoms with Gasteiger partial charge in [0.2, 0.25) is 0 Å². The molecule has 0 aliphatic rings. The zero-order chi connectivity index (χ0) is 15.3. The predicted molar refractivity (Wildman–Crippen MR) is 79.2 cm³/mol. The number of nitrogens with one attached hydrogen (secondary N) is 1. The van der Waals surface area contributed by atoms with Gasteiger partial charge in [-0.3, -0.25) is 4.79 Å². The van der Waals surface area contributed by atoms with Crippen LogP contribution in [0.1, 0.15) is 31.1 Å². The van der Waals surface area contributed by atoms with Crippen molar-refractivity contribution in [3.63, 3.8) is 0 Å². The standard InChI is InChI=1S/C14H17Cl2NO3/c1-8(2)9(3)17-12(18)7-20-14(19)13-10(15)5-4-6-11(13)16/h4-6,8-9H,7H2,1-3H3,(H,17,18). The van der Waals surface area contributed by atoms with Crippen LogP contribution in [0.4, 0.5) is 0 Å². The Labute approximate surface area is 128 Å². The molecule has 4 nitrogen and oxygen atoms in total. The molecule has 0 saturated carbocycles. The lowest BCUT2D eigenvalue weighted by molar-refractivity contribution is -0.125. The van der Waals surface area contributed by atoms with Gasteiger partial charge in [-0.2, -0.15) is 0 Å². The molecule has 0 aliphatic carbocycles. The predicted octanol–water partition coefficient (Wildman–Crippen LogP) is 3.31. The van der Waals surface area contributed by atoms with E-state index in [0.29, 0.717) is 5.92 Å². The number of hydrogen-bond donors (Lipinski definition) is 1. The van der Waals surface area contributed by atoms with E-state index in [1.54, 1.807) is 6.07 Å². The molecule has 0 saturated heterocycles. The van der Waals surface area contributed by atoms with E-state index in [-0.39, 0.29) is 34.2 Å². The summed E-state index contributed by atoms with van der Waals surface area (Å²) < 4.78 is 4.91. The van der Waals surface area contributed by atoms with Crippen molar-refractivity contribution in [1.82, 2.24) is 5.32 Å². The summed E-state index contributed by atoms with van der Waals surface area (Å²) in [6.45, 7) is 5.49. The van der Waals surface area contributed by atoms with Gasteiger partial charge < -0.3 is 10.1 Å². The van der Waals surface area contributed by atoms with Crippen LogP contribution in [0.15, 0.2) is 18.2 Å². The Morgan fingerprint density at radius 1 is 1.20 bits per heavy atom. The van der Waals surface area contributed by atoms with Gasteiger partial charge in [-0.15, -0.1) is 0 Å². The van der Waals surface area contributed by atoms with Crippen molar-refractivity contribution in [3.8, 4) is 0 Å². The second kappa shape index (κ2) is 7.50. The van der Waals surface area contributed by atoms with E-state index >= 15 is 0 Å². The van der Waals surface area contributed by atoms with Crippen molar-refractivity contribution >= 4 is 35.1 Å². The van der Waals surface area contributed by atoms with Crippen LogP contribution in [0.2, 0.25) is 10.0 Å². The van der Waals surface area contributed by atoms with Crippen molar-refractivity contribution < 1.29 is 14.3 Å². The molecule has 0 aromatic heterocycles. The molecule has 1 N–H and O–H groups in total. The first-order valence-electron chi connectivity index (χ1n) is 6.23. The van der Waals surface area contributed by atoms with E-state index in [1.165, 1.54) is 12.1 Å². The van der Waals surface area contributed by atoms with Gasteiger partial charge in [0.15, 0.2) is 6.61 Å². The Balaban J connectivity index is 2.58. The summed E-state index contributed by atoms with van der Waals surface area (Å²) in [7, 11) is 0. The van der Waals surface area contributed by atoms with Crippen molar-refractivity contribution in [1.29, 1.82) is 0 Å². The van der Waals surface area contributed by atoms with Crippen LogP contribution in [0, 0.1) is 5.92 Å². The molecule has 0 heterocycles. The highest BCUT2D eigenvalue weighted by atomic mass is 35.5. The molecule has 0 radical (unpaired) electrons. The monoisotopic (exact) mass is 317 g/mol. The van der Waals surface area contributed by atoms with Gasteiger partial charge in [-0.05, 0) is 25.0 Å². The Morgan fingerprint density at radius 3 is 2.25 bits per heavy atom. The molecule has 1 amide bonds. The molecular formula is C14H17Cl2NO3. The lowest BCUT2D eigenvalue weighted by Crippen LogP contribution is -2.38. The third-order valence-electron chi connectivity index (χ3n) is 2.89. The summed E-state index contributed by atoms with van der Waals surface area (Å²) in [6.07, 6.45) is 0. The average Bonchev–Trinajstić information content (AvgIpc) is 2.36. The van der Waals surface area contributed by atoms with Crippen molar-refractivity contribution in [2.75, 3.05) is 6.61 Å². The minimum absolute atomic E-state index is 0.00473. The van der Waals surface area contributed by atoms with Crippen LogP contribution < -0.4 is 5.32 Å². The Kier molecular flexibility index (Phi) is 6.30. The molecule has 1 rings (SSSR count). The zero-order valence-electron chi connectivity index (χ0n) is 11.6. The van der Waals surface area contributed by atoms with E-state index in [0.717, 1.165) is 0 Å². The average molecular weight is 318 g/mol. The minimum Gasteiger partial charge on any atom is -0.452 e. The molecule has 0 aliphatic heterocycles. The Bertz CT molecular complexity index is 483. The summed E-state index contributed by atoms with van der Waals surface area (Å²) in [6, 6.07) is 4.69. The van der Waals surface area contributed by atoms with Gasteiger partial charge in [-0.1, -0.05) is 43.1 Å². The first-order chi connectivity index (χ1) is 9.32. The van der Waals surface area contributed by atoms with Gasteiger partial charge in [0.1, 0.15) is 0 Å². The third kappa shape index (κ3) is 4.69. The molecule has 6 heteroatoms. The topological polar surface area (TPSA) is 55.4 Å². The molecule has 1 aromatic rings. The highest BCUT2D eigenvalue weighted by Gasteiger charge is 2.18. The van der Waals surface area contributed by atoms with E-state index < -0.39 is 5.97 Å². The fourth-order valence-corrected chi connectivity index (χ4v) is 1.91. The number of carbonyl (C=O) groups excluding carboxylic acids is 2. The van der Waals surface area contributed by atoms with Crippen LogP contribution in [-0.2, 0) is 9.53 Å². The molecule has 110 valence electrons. The van der Waals surface area contributed by atoms with Gasteiger partial charge in [0.25, 0.3) is 5.91 Å². The maximum atomic E-state index is 11.8. The van der Waals surface area contributed by atoms with Crippen molar-refractivity contribution in [3.05, 3.63) is 33.8 Å². The number of hydrogen-bond acceptors (Lipinski definition) is 3. The molecule has 1 aromatic carbocycles. The summed E-state index contributed by atoms with van der Waals surface area (Å²) >= 11 is 11.8. The number of benzene rings is 1. The van der Waals surface area contributed by atoms with E-state index in [1.807, 2.05) is 20.8 Å². The van der Waals surface area contributed by atoms with Crippen LogP contribution >= 0.6 is 23.2 Å².